The Labute approximate surface area is 155 Å². The number of rotatable bonds is 4. The zero-order valence-electron chi connectivity index (χ0n) is 13.6. The van der Waals surface area contributed by atoms with Crippen molar-refractivity contribution in [3.05, 3.63) is 83.0 Å². The van der Waals surface area contributed by atoms with Gasteiger partial charge in [-0.2, -0.15) is 5.10 Å². The normalized spacial score (nSPS) is 18.9. The molecule has 26 heavy (non-hydrogen) atoms. The van der Waals surface area contributed by atoms with E-state index in [2.05, 4.69) is 20.8 Å². The Kier molecular flexibility index (Phi) is 4.18. The van der Waals surface area contributed by atoms with Gasteiger partial charge in [0.25, 0.3) is 0 Å². The van der Waals surface area contributed by atoms with Gasteiger partial charge in [-0.1, -0.05) is 35.9 Å². The molecule has 1 aromatic heterocycles. The Bertz CT molecular complexity index is 934. The molecule has 7 heteroatoms. The first kappa shape index (κ1) is 16.4. The van der Waals surface area contributed by atoms with Crippen LogP contribution in [0.15, 0.2) is 66.9 Å². The number of urea groups is 1. The molecule has 0 spiro atoms. The fourth-order valence-electron chi connectivity index (χ4n) is 3.03. The van der Waals surface area contributed by atoms with Crippen LogP contribution >= 0.6 is 11.6 Å². The van der Waals surface area contributed by atoms with E-state index >= 15 is 0 Å². The molecule has 2 amide bonds. The van der Waals surface area contributed by atoms with E-state index in [0.717, 1.165) is 11.1 Å². The molecule has 0 radical (unpaired) electrons. The van der Waals surface area contributed by atoms with Gasteiger partial charge in [0.2, 0.25) is 5.88 Å². The van der Waals surface area contributed by atoms with E-state index in [-0.39, 0.29) is 6.03 Å². The monoisotopic (exact) mass is 366 g/mol. The molecule has 1 saturated heterocycles. The maximum atomic E-state index is 12.0. The first-order valence-corrected chi connectivity index (χ1v) is 8.42. The van der Waals surface area contributed by atoms with Crippen molar-refractivity contribution in [1.82, 2.24) is 20.8 Å². The van der Waals surface area contributed by atoms with Crippen LogP contribution < -0.4 is 15.4 Å². The lowest BCUT2D eigenvalue weighted by Gasteiger charge is -2.29. The van der Waals surface area contributed by atoms with Crippen molar-refractivity contribution in [2.45, 2.75) is 5.54 Å². The van der Waals surface area contributed by atoms with Crippen LogP contribution in [0.25, 0.3) is 0 Å². The molecule has 1 fully saturated rings. The highest BCUT2D eigenvalue weighted by Crippen LogP contribution is 2.34. The maximum Gasteiger partial charge on any atom is 0.315 e. The molecule has 1 aliphatic rings. The molecule has 6 nitrogen and oxygen atoms in total. The average molecular weight is 367 g/mol. The van der Waals surface area contributed by atoms with Gasteiger partial charge in [-0.25, -0.2) is 4.79 Å². The second kappa shape index (κ2) is 6.65. The number of amides is 2. The van der Waals surface area contributed by atoms with Crippen LogP contribution in [0.1, 0.15) is 11.1 Å². The molecule has 0 bridgehead atoms. The number of hydrogen-bond acceptors (Lipinski definition) is 4. The van der Waals surface area contributed by atoms with Crippen molar-refractivity contribution in [1.29, 1.82) is 0 Å². The summed E-state index contributed by atoms with van der Waals surface area (Å²) in [5.41, 5.74) is 1.11. The summed E-state index contributed by atoms with van der Waals surface area (Å²) >= 11 is 6.02. The summed E-state index contributed by atoms with van der Waals surface area (Å²) in [4.78, 5) is 12.0. The SMILES string of the molecule is O=C1NCC(c2ccc(Cl)cc2)(c2cccc(Oc3cccnn3)c2)N1. The number of carbonyl (C=O) groups excluding carboxylic acids is 1. The van der Waals surface area contributed by atoms with Crippen molar-refractivity contribution in [3.8, 4) is 11.6 Å². The smallest absolute Gasteiger partial charge is 0.315 e. The Hall–Kier alpha value is -3.12. The van der Waals surface area contributed by atoms with Gasteiger partial charge in [-0.15, -0.1) is 5.10 Å². The summed E-state index contributed by atoms with van der Waals surface area (Å²) in [5.74, 6) is 1.01. The number of nitrogens with zero attached hydrogens (tertiary/aromatic N) is 2. The summed E-state index contributed by atoms with van der Waals surface area (Å²) in [6.45, 7) is 0.419. The summed E-state index contributed by atoms with van der Waals surface area (Å²) < 4.78 is 5.78. The number of benzene rings is 2. The molecule has 0 aliphatic carbocycles. The predicted octanol–water partition coefficient (Wildman–Crippen LogP) is 3.48. The number of nitrogens with one attached hydrogen (secondary N) is 2. The molecular weight excluding hydrogens is 352 g/mol. The van der Waals surface area contributed by atoms with Crippen molar-refractivity contribution in [2.24, 2.45) is 0 Å². The van der Waals surface area contributed by atoms with Crippen molar-refractivity contribution >= 4 is 17.6 Å². The summed E-state index contributed by atoms with van der Waals surface area (Å²) in [5, 5.41) is 14.3. The van der Waals surface area contributed by atoms with E-state index in [1.165, 1.54) is 0 Å². The molecule has 1 aliphatic heterocycles. The quantitative estimate of drug-likeness (QED) is 0.741. The van der Waals surface area contributed by atoms with Gasteiger partial charge < -0.3 is 15.4 Å². The van der Waals surface area contributed by atoms with Gasteiger partial charge in [0.1, 0.15) is 11.3 Å². The minimum atomic E-state index is -0.705. The van der Waals surface area contributed by atoms with Crippen molar-refractivity contribution < 1.29 is 9.53 Å². The number of ether oxygens (including phenoxy) is 1. The molecule has 130 valence electrons. The van der Waals surface area contributed by atoms with Gasteiger partial charge in [0.05, 0.1) is 6.54 Å². The second-order valence-electron chi connectivity index (χ2n) is 5.91. The number of aromatic nitrogens is 2. The van der Waals surface area contributed by atoms with E-state index in [1.807, 2.05) is 48.5 Å². The molecule has 2 aromatic carbocycles. The van der Waals surface area contributed by atoms with Gasteiger partial charge in [0.15, 0.2) is 0 Å². The Morgan fingerprint density at radius 2 is 1.88 bits per heavy atom. The zero-order chi connectivity index (χ0) is 18.0. The first-order chi connectivity index (χ1) is 12.7. The average Bonchev–Trinajstić information content (AvgIpc) is 3.06. The lowest BCUT2D eigenvalue weighted by molar-refractivity contribution is 0.246. The topological polar surface area (TPSA) is 76.1 Å². The molecule has 3 aromatic rings. The van der Waals surface area contributed by atoms with Crippen LogP contribution in [0.5, 0.6) is 11.6 Å². The minimum absolute atomic E-state index is 0.222. The number of carbonyl (C=O) groups is 1. The molecule has 2 N–H and O–H groups in total. The predicted molar refractivity (Wildman–Crippen MR) is 97.3 cm³/mol. The zero-order valence-corrected chi connectivity index (χ0v) is 14.4. The van der Waals surface area contributed by atoms with E-state index in [0.29, 0.717) is 23.2 Å². The van der Waals surface area contributed by atoms with Gasteiger partial charge in [-0.3, -0.25) is 0 Å². The molecular formula is C19H15ClN4O2. The standard InChI is InChI=1S/C19H15ClN4O2/c20-15-8-6-13(7-9-15)19(12-21-18(25)23-19)14-3-1-4-16(11-14)26-17-5-2-10-22-24-17/h1-11H,12H2,(H2,21,23,25). The van der Waals surface area contributed by atoms with Crippen LogP contribution in [0, 0.1) is 0 Å². The highest BCUT2D eigenvalue weighted by Gasteiger charge is 2.41. The first-order valence-electron chi connectivity index (χ1n) is 8.04. The van der Waals surface area contributed by atoms with Gasteiger partial charge in [0, 0.05) is 17.3 Å². The largest absolute Gasteiger partial charge is 0.438 e. The van der Waals surface area contributed by atoms with Crippen LogP contribution in [-0.4, -0.2) is 22.8 Å². The van der Waals surface area contributed by atoms with E-state index < -0.39 is 5.54 Å². The van der Waals surface area contributed by atoms with E-state index in [1.54, 1.807) is 18.3 Å². The number of hydrogen-bond donors (Lipinski definition) is 2. The van der Waals surface area contributed by atoms with E-state index in [9.17, 15) is 4.79 Å². The molecule has 1 unspecified atom stereocenters. The summed E-state index contributed by atoms with van der Waals surface area (Å²) in [6, 6.07) is 18.2. The summed E-state index contributed by atoms with van der Waals surface area (Å²) in [7, 11) is 0. The Balaban J connectivity index is 1.74. The Morgan fingerprint density at radius 1 is 1.04 bits per heavy atom. The third-order valence-electron chi connectivity index (χ3n) is 4.28. The third-order valence-corrected chi connectivity index (χ3v) is 4.53. The number of halogens is 1. The van der Waals surface area contributed by atoms with Crippen LogP contribution in [-0.2, 0) is 5.54 Å². The lowest BCUT2D eigenvalue weighted by atomic mass is 9.83. The minimum Gasteiger partial charge on any atom is -0.438 e. The van der Waals surface area contributed by atoms with Crippen molar-refractivity contribution in [2.75, 3.05) is 6.54 Å². The highest BCUT2D eigenvalue weighted by atomic mass is 35.5. The van der Waals surface area contributed by atoms with Crippen LogP contribution in [0.3, 0.4) is 0 Å². The highest BCUT2D eigenvalue weighted by molar-refractivity contribution is 6.30. The maximum absolute atomic E-state index is 12.0. The summed E-state index contributed by atoms with van der Waals surface area (Å²) in [6.07, 6.45) is 1.58. The molecule has 1 atom stereocenters. The molecule has 0 saturated carbocycles. The third kappa shape index (κ3) is 3.07. The van der Waals surface area contributed by atoms with Crippen molar-refractivity contribution in [3.63, 3.8) is 0 Å². The molecule has 4 rings (SSSR count). The fourth-order valence-corrected chi connectivity index (χ4v) is 3.16. The van der Waals surface area contributed by atoms with Gasteiger partial charge >= 0.3 is 6.03 Å². The fraction of sp³-hybridized carbons (Fsp3) is 0.105. The van der Waals surface area contributed by atoms with Crippen LogP contribution in [0.4, 0.5) is 4.79 Å². The Morgan fingerprint density at radius 3 is 2.58 bits per heavy atom. The van der Waals surface area contributed by atoms with Crippen LogP contribution in [0.2, 0.25) is 5.02 Å². The van der Waals surface area contributed by atoms with E-state index in [4.69, 9.17) is 16.3 Å². The van der Waals surface area contributed by atoms with Gasteiger partial charge in [-0.05, 0) is 41.5 Å². The lowest BCUT2D eigenvalue weighted by Crippen LogP contribution is -2.41. The second-order valence-corrected chi connectivity index (χ2v) is 6.35. The molecule has 2 heterocycles.